The maximum absolute atomic E-state index is 12.4. The van der Waals surface area contributed by atoms with Gasteiger partial charge in [-0.1, -0.05) is 30.3 Å². The van der Waals surface area contributed by atoms with E-state index in [4.69, 9.17) is 9.47 Å². The van der Waals surface area contributed by atoms with E-state index in [1.807, 2.05) is 12.1 Å². The number of methoxy groups -OCH3 is 1. The standard InChI is InChI=1S/C22H22N2O5S/c1-28-20-9-5-6-10-21(20)29-16-15-23-22(25)17-11-13-19(14-12-17)30(26,27)24-18-7-3-2-4-8-18/h2-14,24H,15-16H2,1H3,(H,23,25). The van der Waals surface area contributed by atoms with Crippen LogP contribution in [-0.2, 0) is 10.0 Å². The molecule has 3 aromatic carbocycles. The number of amides is 1. The van der Waals surface area contributed by atoms with Crippen LogP contribution in [0, 0.1) is 0 Å². The Bertz CT molecular complexity index is 1080. The van der Waals surface area contributed by atoms with Crippen molar-refractivity contribution in [3.8, 4) is 11.5 Å². The van der Waals surface area contributed by atoms with Crippen LogP contribution < -0.4 is 19.5 Å². The summed E-state index contributed by atoms with van der Waals surface area (Å²) in [5.41, 5.74) is 0.820. The molecule has 7 nitrogen and oxygen atoms in total. The highest BCUT2D eigenvalue weighted by Gasteiger charge is 2.15. The molecular formula is C22H22N2O5S. The molecule has 2 N–H and O–H groups in total. The van der Waals surface area contributed by atoms with Gasteiger partial charge in [-0.15, -0.1) is 0 Å². The van der Waals surface area contributed by atoms with Crippen LogP contribution in [0.1, 0.15) is 10.4 Å². The molecule has 0 aliphatic rings. The Morgan fingerprint density at radius 1 is 0.867 bits per heavy atom. The number of carbonyl (C=O) groups is 1. The van der Waals surface area contributed by atoms with Gasteiger partial charge in [0.25, 0.3) is 15.9 Å². The first kappa shape index (κ1) is 21.2. The topological polar surface area (TPSA) is 93.7 Å². The van der Waals surface area contributed by atoms with Gasteiger partial charge in [-0.25, -0.2) is 8.42 Å². The summed E-state index contributed by atoms with van der Waals surface area (Å²) in [4.78, 5) is 12.3. The average molecular weight is 426 g/mol. The van der Waals surface area contributed by atoms with Gasteiger partial charge in [0.15, 0.2) is 11.5 Å². The predicted molar refractivity (Wildman–Crippen MR) is 115 cm³/mol. The second-order valence-corrected chi connectivity index (χ2v) is 7.93. The van der Waals surface area contributed by atoms with E-state index in [1.54, 1.807) is 49.6 Å². The van der Waals surface area contributed by atoms with E-state index in [1.165, 1.54) is 24.3 Å². The van der Waals surface area contributed by atoms with Gasteiger partial charge in [-0.2, -0.15) is 0 Å². The minimum Gasteiger partial charge on any atom is -0.493 e. The molecule has 8 heteroatoms. The summed E-state index contributed by atoms with van der Waals surface area (Å²) in [6.07, 6.45) is 0. The van der Waals surface area contributed by atoms with Gasteiger partial charge in [-0.3, -0.25) is 9.52 Å². The summed E-state index contributed by atoms with van der Waals surface area (Å²) >= 11 is 0. The lowest BCUT2D eigenvalue weighted by Gasteiger charge is -2.11. The van der Waals surface area contributed by atoms with Crippen LogP contribution in [0.4, 0.5) is 5.69 Å². The van der Waals surface area contributed by atoms with Crippen molar-refractivity contribution >= 4 is 21.6 Å². The fourth-order valence-corrected chi connectivity index (χ4v) is 3.73. The van der Waals surface area contributed by atoms with Crippen LogP contribution in [0.5, 0.6) is 11.5 Å². The van der Waals surface area contributed by atoms with Gasteiger partial charge in [-0.05, 0) is 48.5 Å². The lowest BCUT2D eigenvalue weighted by molar-refractivity contribution is 0.0946. The van der Waals surface area contributed by atoms with Crippen molar-refractivity contribution < 1.29 is 22.7 Å². The number of carbonyl (C=O) groups excluding carboxylic acids is 1. The first-order valence-corrected chi connectivity index (χ1v) is 10.7. The Hall–Kier alpha value is -3.52. The summed E-state index contributed by atoms with van der Waals surface area (Å²) in [5, 5.41) is 2.73. The zero-order chi connectivity index (χ0) is 21.4. The van der Waals surface area contributed by atoms with Crippen LogP contribution in [0.3, 0.4) is 0 Å². The zero-order valence-electron chi connectivity index (χ0n) is 16.4. The third kappa shape index (κ3) is 5.51. The molecule has 0 bridgehead atoms. The molecule has 0 saturated carbocycles. The van der Waals surface area contributed by atoms with Gasteiger partial charge < -0.3 is 14.8 Å². The van der Waals surface area contributed by atoms with Crippen LogP contribution in [0.2, 0.25) is 0 Å². The Morgan fingerprint density at radius 3 is 2.17 bits per heavy atom. The van der Waals surface area contributed by atoms with E-state index < -0.39 is 10.0 Å². The Morgan fingerprint density at radius 2 is 1.50 bits per heavy atom. The number of rotatable bonds is 9. The van der Waals surface area contributed by atoms with Crippen molar-refractivity contribution in [3.63, 3.8) is 0 Å². The second-order valence-electron chi connectivity index (χ2n) is 6.25. The highest BCUT2D eigenvalue weighted by molar-refractivity contribution is 7.92. The summed E-state index contributed by atoms with van der Waals surface area (Å²) in [6, 6.07) is 21.6. The van der Waals surface area contributed by atoms with Crippen molar-refractivity contribution in [2.45, 2.75) is 4.90 Å². The van der Waals surface area contributed by atoms with Gasteiger partial charge >= 0.3 is 0 Å². The van der Waals surface area contributed by atoms with Crippen molar-refractivity contribution in [1.29, 1.82) is 0 Å². The average Bonchev–Trinajstić information content (AvgIpc) is 2.77. The number of ether oxygens (including phenoxy) is 2. The lowest BCUT2D eigenvalue weighted by atomic mass is 10.2. The first-order valence-electron chi connectivity index (χ1n) is 9.21. The number of sulfonamides is 1. The van der Waals surface area contributed by atoms with E-state index >= 15 is 0 Å². The molecule has 0 aromatic heterocycles. The minimum atomic E-state index is -3.73. The molecule has 0 atom stereocenters. The van der Waals surface area contributed by atoms with E-state index in [2.05, 4.69) is 10.0 Å². The van der Waals surface area contributed by atoms with E-state index in [0.29, 0.717) is 22.7 Å². The Labute approximate surface area is 175 Å². The van der Waals surface area contributed by atoms with E-state index in [-0.39, 0.29) is 24.0 Å². The number of para-hydroxylation sites is 3. The number of benzene rings is 3. The SMILES string of the molecule is COc1ccccc1OCCNC(=O)c1ccc(S(=O)(=O)Nc2ccccc2)cc1. The second kappa shape index (κ2) is 9.80. The molecule has 0 heterocycles. The fraction of sp³-hybridized carbons (Fsp3) is 0.136. The normalized spacial score (nSPS) is 10.8. The molecule has 0 unspecified atom stereocenters. The molecule has 156 valence electrons. The molecule has 30 heavy (non-hydrogen) atoms. The maximum Gasteiger partial charge on any atom is 0.261 e. The summed E-state index contributed by atoms with van der Waals surface area (Å²) in [7, 11) is -2.17. The predicted octanol–water partition coefficient (Wildman–Crippen LogP) is 3.30. The Balaban J connectivity index is 1.53. The molecule has 0 radical (unpaired) electrons. The van der Waals surface area contributed by atoms with Crippen molar-refractivity contribution in [2.75, 3.05) is 25.0 Å². The number of nitrogens with one attached hydrogen (secondary N) is 2. The quantitative estimate of drug-likeness (QED) is 0.512. The van der Waals surface area contributed by atoms with Gasteiger partial charge in [0, 0.05) is 11.3 Å². The fourth-order valence-electron chi connectivity index (χ4n) is 2.67. The van der Waals surface area contributed by atoms with E-state index in [0.717, 1.165) is 0 Å². The van der Waals surface area contributed by atoms with Gasteiger partial charge in [0.1, 0.15) is 6.61 Å². The Kier molecular flexibility index (Phi) is 6.92. The molecule has 0 aliphatic heterocycles. The third-order valence-corrected chi connectivity index (χ3v) is 5.56. The zero-order valence-corrected chi connectivity index (χ0v) is 17.2. The molecule has 1 amide bonds. The maximum atomic E-state index is 12.4. The molecule has 0 aliphatic carbocycles. The van der Waals surface area contributed by atoms with E-state index in [9.17, 15) is 13.2 Å². The van der Waals surface area contributed by atoms with Gasteiger partial charge in [0.2, 0.25) is 0 Å². The van der Waals surface area contributed by atoms with Crippen molar-refractivity contribution in [2.24, 2.45) is 0 Å². The smallest absolute Gasteiger partial charge is 0.261 e. The molecule has 0 spiro atoms. The summed E-state index contributed by atoms with van der Waals surface area (Å²) in [5.74, 6) is 0.887. The highest BCUT2D eigenvalue weighted by atomic mass is 32.2. The number of anilines is 1. The molecule has 3 aromatic rings. The number of hydrogen-bond donors (Lipinski definition) is 2. The molecule has 3 rings (SSSR count). The van der Waals surface area contributed by atoms with Gasteiger partial charge in [0.05, 0.1) is 18.6 Å². The molecule has 0 fully saturated rings. The first-order chi connectivity index (χ1) is 14.5. The lowest BCUT2D eigenvalue weighted by Crippen LogP contribution is -2.28. The number of hydrogen-bond acceptors (Lipinski definition) is 5. The van der Waals surface area contributed by atoms with Crippen molar-refractivity contribution in [3.05, 3.63) is 84.4 Å². The molecule has 0 saturated heterocycles. The monoisotopic (exact) mass is 426 g/mol. The van der Waals surface area contributed by atoms with Crippen LogP contribution >= 0.6 is 0 Å². The van der Waals surface area contributed by atoms with Crippen LogP contribution in [-0.4, -0.2) is 34.6 Å². The summed E-state index contributed by atoms with van der Waals surface area (Å²) in [6.45, 7) is 0.548. The molecular weight excluding hydrogens is 404 g/mol. The minimum absolute atomic E-state index is 0.0717. The van der Waals surface area contributed by atoms with Crippen LogP contribution in [0.25, 0.3) is 0 Å². The van der Waals surface area contributed by atoms with Crippen molar-refractivity contribution in [1.82, 2.24) is 5.32 Å². The summed E-state index contributed by atoms with van der Waals surface area (Å²) < 4.78 is 38.2. The largest absolute Gasteiger partial charge is 0.493 e. The van der Waals surface area contributed by atoms with Crippen LogP contribution in [0.15, 0.2) is 83.8 Å². The third-order valence-electron chi connectivity index (χ3n) is 4.17. The highest BCUT2D eigenvalue weighted by Crippen LogP contribution is 2.25.